The number of benzene rings is 2. The van der Waals surface area contributed by atoms with Gasteiger partial charge in [0.2, 0.25) is 0 Å². The lowest BCUT2D eigenvalue weighted by atomic mass is 9.96. The molecule has 2 bridgehead atoms. The van der Waals surface area contributed by atoms with Gasteiger partial charge >= 0.3 is 0 Å². The molecule has 9 nitrogen and oxygen atoms in total. The van der Waals surface area contributed by atoms with Crippen molar-refractivity contribution in [3.8, 4) is 0 Å². The Morgan fingerprint density at radius 2 is 1.61 bits per heavy atom. The van der Waals surface area contributed by atoms with Gasteiger partial charge in [0.25, 0.3) is 11.8 Å². The number of amides is 2. The number of thiazole rings is 1. The summed E-state index contributed by atoms with van der Waals surface area (Å²) in [5, 5.41) is 6.41. The van der Waals surface area contributed by atoms with Gasteiger partial charge in [-0.2, -0.15) is 0 Å². The van der Waals surface area contributed by atoms with Crippen LogP contribution in [0.5, 0.6) is 0 Å². The number of pyridine rings is 1. The molecule has 3 fully saturated rings. The third-order valence-electron chi connectivity index (χ3n) is 9.54. The van der Waals surface area contributed by atoms with Crippen molar-refractivity contribution >= 4 is 44.9 Å². The Morgan fingerprint density at radius 1 is 0.886 bits per heavy atom. The lowest BCUT2D eigenvalue weighted by Gasteiger charge is -2.40. The molecule has 0 radical (unpaired) electrons. The zero-order chi connectivity index (χ0) is 30.2. The number of nitrogens with one attached hydrogen (secondary N) is 2. The number of fused-ring (bicyclic) bond motifs is 3. The Balaban J connectivity index is 0.937. The van der Waals surface area contributed by atoms with Crippen molar-refractivity contribution in [3.05, 3.63) is 83.0 Å². The van der Waals surface area contributed by atoms with Crippen LogP contribution in [0.2, 0.25) is 0 Å². The largest absolute Gasteiger partial charge is 0.369 e. The van der Waals surface area contributed by atoms with Crippen LogP contribution in [0.25, 0.3) is 10.2 Å². The van der Waals surface area contributed by atoms with E-state index in [1.165, 1.54) is 5.69 Å². The van der Waals surface area contributed by atoms with Crippen LogP contribution in [-0.2, 0) is 0 Å². The van der Waals surface area contributed by atoms with Crippen LogP contribution in [0.3, 0.4) is 0 Å². The minimum Gasteiger partial charge on any atom is -0.369 e. The lowest BCUT2D eigenvalue weighted by Crippen LogP contribution is -2.50. The van der Waals surface area contributed by atoms with E-state index in [0.717, 1.165) is 73.5 Å². The van der Waals surface area contributed by atoms with Crippen molar-refractivity contribution in [2.24, 2.45) is 0 Å². The van der Waals surface area contributed by atoms with Crippen LogP contribution in [0, 0.1) is 0 Å². The predicted molar refractivity (Wildman–Crippen MR) is 176 cm³/mol. The standard InChI is InChI=1S/C34H39N7O2S/c1-22(23-3-7-27(8-4-23)40-15-13-39(2)14-16-40)37-34(43)25-6-12-32(35-20-25)41-28-9-10-29(41)19-26(18-28)38-33(42)24-5-11-31-30(17-24)36-21-44-31/h3-8,11-12,17,20-22,26,28-29H,9-10,13-16,18-19H2,1-2H3,(H,37,43)(H,38,42)/t22-,26?,28-,29+/m0/s1. The van der Waals surface area contributed by atoms with Crippen molar-refractivity contribution in [3.63, 3.8) is 0 Å². The molecule has 0 aliphatic carbocycles. The Hall–Kier alpha value is -4.02. The highest BCUT2D eigenvalue weighted by Crippen LogP contribution is 2.38. The number of carbonyl (C=O) groups excluding carboxylic acids is 2. The second-order valence-corrected chi connectivity index (χ2v) is 13.3. The first-order valence-electron chi connectivity index (χ1n) is 15.6. The second-order valence-electron chi connectivity index (χ2n) is 12.5. The molecule has 2 aromatic heterocycles. The van der Waals surface area contributed by atoms with Crippen LogP contribution in [0.1, 0.15) is 64.9 Å². The zero-order valence-corrected chi connectivity index (χ0v) is 26.1. The van der Waals surface area contributed by atoms with E-state index < -0.39 is 0 Å². The average Bonchev–Trinajstić information content (AvgIpc) is 3.62. The van der Waals surface area contributed by atoms with Gasteiger partial charge in [-0.25, -0.2) is 9.97 Å². The maximum Gasteiger partial charge on any atom is 0.253 e. The van der Waals surface area contributed by atoms with Crippen molar-refractivity contribution < 1.29 is 9.59 Å². The Bertz CT molecular complexity index is 1620. The summed E-state index contributed by atoms with van der Waals surface area (Å²) in [6.07, 6.45) is 5.62. The van der Waals surface area contributed by atoms with Crippen LogP contribution < -0.4 is 20.4 Å². The number of hydrogen-bond donors (Lipinski definition) is 2. The Morgan fingerprint density at radius 3 is 2.32 bits per heavy atom. The number of nitrogens with zero attached hydrogens (tertiary/aromatic N) is 5. The van der Waals surface area contributed by atoms with Crippen molar-refractivity contribution in [1.82, 2.24) is 25.5 Å². The molecule has 5 heterocycles. The quantitative estimate of drug-likeness (QED) is 0.309. The van der Waals surface area contributed by atoms with Gasteiger partial charge in [-0.05, 0) is 87.7 Å². The number of likely N-dealkylation sites (N-methyl/N-ethyl adjacent to an activating group) is 1. The van der Waals surface area contributed by atoms with Gasteiger partial charge in [0.15, 0.2) is 0 Å². The molecule has 0 saturated carbocycles. The fraction of sp³-hybridized carbons (Fsp3) is 0.412. The summed E-state index contributed by atoms with van der Waals surface area (Å²) in [6, 6.07) is 18.8. The van der Waals surface area contributed by atoms with Crippen molar-refractivity contribution in [1.29, 1.82) is 0 Å². The minimum absolute atomic E-state index is 0.0357. The van der Waals surface area contributed by atoms with E-state index in [2.05, 4.69) is 61.6 Å². The summed E-state index contributed by atoms with van der Waals surface area (Å²) < 4.78 is 1.09. The van der Waals surface area contributed by atoms with E-state index in [9.17, 15) is 9.59 Å². The predicted octanol–water partition coefficient (Wildman–Crippen LogP) is 4.86. The number of hydrogen-bond acceptors (Lipinski definition) is 8. The van der Waals surface area contributed by atoms with Crippen LogP contribution in [0.4, 0.5) is 11.5 Å². The molecule has 44 heavy (non-hydrogen) atoms. The first-order chi connectivity index (χ1) is 21.4. The Labute approximate surface area is 262 Å². The second kappa shape index (κ2) is 12.2. The van der Waals surface area contributed by atoms with Gasteiger partial charge < -0.3 is 25.3 Å². The molecule has 2 N–H and O–H groups in total. The first-order valence-corrected chi connectivity index (χ1v) is 16.5. The van der Waals surface area contributed by atoms with E-state index in [1.807, 2.05) is 42.8 Å². The van der Waals surface area contributed by atoms with Crippen LogP contribution in [0.15, 0.2) is 66.3 Å². The van der Waals surface area contributed by atoms with Gasteiger partial charge in [-0.15, -0.1) is 11.3 Å². The smallest absolute Gasteiger partial charge is 0.253 e. The summed E-state index contributed by atoms with van der Waals surface area (Å²) in [4.78, 5) is 42.4. The first kappa shape index (κ1) is 28.7. The molecule has 10 heteroatoms. The topological polar surface area (TPSA) is 93.7 Å². The monoisotopic (exact) mass is 609 g/mol. The van der Waals surface area contributed by atoms with Gasteiger partial charge in [0, 0.05) is 61.8 Å². The molecule has 3 aliphatic rings. The van der Waals surface area contributed by atoms with Crippen LogP contribution >= 0.6 is 11.3 Å². The molecule has 4 atom stereocenters. The molecule has 1 unspecified atom stereocenters. The Kier molecular flexibility index (Phi) is 7.95. The van der Waals surface area contributed by atoms with Crippen LogP contribution in [-0.4, -0.2) is 78.0 Å². The summed E-state index contributed by atoms with van der Waals surface area (Å²) in [5.41, 5.74) is 6.20. The molecular weight excluding hydrogens is 570 g/mol. The highest BCUT2D eigenvalue weighted by Gasteiger charge is 2.41. The molecule has 4 aromatic rings. The highest BCUT2D eigenvalue weighted by atomic mass is 32.1. The molecule has 7 rings (SSSR count). The molecule has 2 amide bonds. The third-order valence-corrected chi connectivity index (χ3v) is 10.4. The summed E-state index contributed by atoms with van der Waals surface area (Å²) in [6.45, 7) is 6.23. The number of rotatable bonds is 7. The summed E-state index contributed by atoms with van der Waals surface area (Å²) in [5.74, 6) is 0.742. The maximum atomic E-state index is 13.1. The SMILES string of the molecule is C[C@H](NC(=O)c1ccc(N2[C@@H]3CC[C@H]2CC(NC(=O)c2ccc4scnc4c2)C3)nc1)c1ccc(N2CCN(C)CC2)cc1. The normalized spacial score (nSPS) is 22.6. The van der Waals surface area contributed by atoms with Gasteiger partial charge in [0.1, 0.15) is 5.82 Å². The third kappa shape index (κ3) is 5.88. The van der Waals surface area contributed by atoms with E-state index in [1.54, 1.807) is 17.5 Å². The van der Waals surface area contributed by atoms with Crippen molar-refractivity contribution in [2.45, 2.75) is 56.8 Å². The van der Waals surface area contributed by atoms with Gasteiger partial charge in [-0.3, -0.25) is 9.59 Å². The molecule has 228 valence electrons. The molecule has 3 saturated heterocycles. The maximum absolute atomic E-state index is 13.1. The molecular formula is C34H39N7O2S. The fourth-order valence-corrected chi connectivity index (χ4v) is 7.67. The number of carbonyl (C=O) groups is 2. The number of aromatic nitrogens is 2. The minimum atomic E-state index is -0.125. The fourth-order valence-electron chi connectivity index (χ4n) is 7.01. The number of piperazine rings is 1. The van der Waals surface area contributed by atoms with E-state index in [-0.39, 0.29) is 23.9 Å². The van der Waals surface area contributed by atoms with E-state index in [0.29, 0.717) is 23.2 Å². The average molecular weight is 610 g/mol. The van der Waals surface area contributed by atoms with Gasteiger partial charge in [-0.1, -0.05) is 12.1 Å². The number of anilines is 2. The lowest BCUT2D eigenvalue weighted by molar-refractivity contribution is 0.0923. The zero-order valence-electron chi connectivity index (χ0n) is 25.3. The molecule has 3 aliphatic heterocycles. The molecule has 2 aromatic carbocycles. The summed E-state index contributed by atoms with van der Waals surface area (Å²) >= 11 is 1.58. The van der Waals surface area contributed by atoms with E-state index >= 15 is 0 Å². The van der Waals surface area contributed by atoms with Gasteiger partial charge in [0.05, 0.1) is 27.3 Å². The van der Waals surface area contributed by atoms with E-state index in [4.69, 9.17) is 4.98 Å². The number of piperidine rings is 1. The van der Waals surface area contributed by atoms with Crippen molar-refractivity contribution in [2.75, 3.05) is 43.0 Å². The summed E-state index contributed by atoms with van der Waals surface area (Å²) in [7, 11) is 2.16. The highest BCUT2D eigenvalue weighted by molar-refractivity contribution is 7.16. The molecule has 0 spiro atoms.